The highest BCUT2D eigenvalue weighted by molar-refractivity contribution is 7.80. The molecule has 1 aromatic carbocycles. The lowest BCUT2D eigenvalue weighted by Crippen LogP contribution is -1.80. The summed E-state index contributed by atoms with van der Waals surface area (Å²) in [4.78, 5) is 0. The van der Waals surface area contributed by atoms with Crippen molar-refractivity contribution < 1.29 is 9.50 Å². The summed E-state index contributed by atoms with van der Waals surface area (Å²) in [5, 5.41) is 8.88. The Labute approximate surface area is 76.0 Å². The van der Waals surface area contributed by atoms with Crippen LogP contribution in [0.2, 0.25) is 0 Å². The topological polar surface area (TPSA) is 20.2 Å². The van der Waals surface area contributed by atoms with Crippen LogP contribution in [0.1, 0.15) is 5.56 Å². The first-order valence-electron chi connectivity index (χ1n) is 3.50. The molecule has 3 heteroatoms. The predicted molar refractivity (Wildman–Crippen MR) is 51.0 cm³/mol. The molecule has 0 amide bonds. The van der Waals surface area contributed by atoms with E-state index < -0.39 is 5.82 Å². The van der Waals surface area contributed by atoms with E-state index in [0.717, 1.165) is 6.07 Å². The summed E-state index contributed by atoms with van der Waals surface area (Å²) in [5.74, 6) is 0.0869. The van der Waals surface area contributed by atoms with Gasteiger partial charge in [-0.15, -0.1) is 0 Å². The zero-order valence-electron chi connectivity index (χ0n) is 6.37. The first kappa shape index (κ1) is 9.13. The van der Waals surface area contributed by atoms with Crippen molar-refractivity contribution >= 4 is 18.7 Å². The second kappa shape index (κ2) is 4.16. The fraction of sp³-hybridized carbons (Fsp3) is 0.111. The minimum absolute atomic E-state index is 0.0597. The average Bonchev–Trinajstić information content (AvgIpc) is 2.03. The van der Waals surface area contributed by atoms with Crippen molar-refractivity contribution in [2.75, 3.05) is 5.75 Å². The maximum Gasteiger partial charge on any atom is 0.134 e. The molecule has 0 radical (unpaired) electrons. The Bertz CT molecular complexity index is 297. The summed E-state index contributed by atoms with van der Waals surface area (Å²) in [6.45, 7) is 0. The minimum atomic E-state index is -0.423. The Balaban J connectivity index is 2.94. The Morgan fingerprint density at radius 3 is 2.83 bits per heavy atom. The molecule has 0 aliphatic rings. The smallest absolute Gasteiger partial charge is 0.134 e. The molecule has 1 N–H and O–H groups in total. The van der Waals surface area contributed by atoms with Crippen molar-refractivity contribution in [3.05, 3.63) is 35.7 Å². The number of halogens is 1. The molecule has 0 saturated carbocycles. The average molecular weight is 184 g/mol. The van der Waals surface area contributed by atoms with Gasteiger partial charge in [0.15, 0.2) is 0 Å². The van der Waals surface area contributed by atoms with Gasteiger partial charge < -0.3 is 5.11 Å². The Morgan fingerprint density at radius 2 is 2.25 bits per heavy atom. The van der Waals surface area contributed by atoms with Gasteiger partial charge in [-0.2, -0.15) is 12.6 Å². The number of thiol groups is 1. The molecular weight excluding hydrogens is 175 g/mol. The van der Waals surface area contributed by atoms with Crippen molar-refractivity contribution in [1.82, 2.24) is 0 Å². The van der Waals surface area contributed by atoms with E-state index >= 15 is 0 Å². The van der Waals surface area contributed by atoms with Crippen molar-refractivity contribution in [1.29, 1.82) is 0 Å². The molecule has 0 unspecified atom stereocenters. The fourth-order valence-electron chi connectivity index (χ4n) is 0.831. The zero-order chi connectivity index (χ0) is 8.97. The van der Waals surface area contributed by atoms with Gasteiger partial charge in [0.05, 0.1) is 0 Å². The van der Waals surface area contributed by atoms with Crippen LogP contribution >= 0.6 is 12.6 Å². The van der Waals surface area contributed by atoms with Crippen molar-refractivity contribution in [3.8, 4) is 5.75 Å². The van der Waals surface area contributed by atoms with Gasteiger partial charge in [0.2, 0.25) is 0 Å². The van der Waals surface area contributed by atoms with E-state index in [9.17, 15) is 4.39 Å². The molecule has 0 aromatic heterocycles. The normalized spacial score (nSPS) is 10.8. The zero-order valence-corrected chi connectivity index (χ0v) is 7.26. The summed E-state index contributed by atoms with van der Waals surface area (Å²) in [5.41, 5.74) is 0.460. The largest absolute Gasteiger partial charge is 0.508 e. The van der Waals surface area contributed by atoms with Gasteiger partial charge in [0.1, 0.15) is 11.6 Å². The summed E-state index contributed by atoms with van der Waals surface area (Å²) in [6, 6.07) is 4.05. The molecule has 0 aliphatic heterocycles. The van der Waals surface area contributed by atoms with Gasteiger partial charge in [-0.05, 0) is 12.1 Å². The number of hydrogen-bond acceptors (Lipinski definition) is 2. The molecule has 0 fully saturated rings. The molecule has 0 heterocycles. The van der Waals surface area contributed by atoms with Crippen LogP contribution in [-0.4, -0.2) is 10.9 Å². The van der Waals surface area contributed by atoms with E-state index in [1.807, 2.05) is 0 Å². The lowest BCUT2D eigenvalue weighted by molar-refractivity contribution is 0.469. The van der Waals surface area contributed by atoms with E-state index in [4.69, 9.17) is 5.11 Å². The Kier molecular flexibility index (Phi) is 3.17. The maximum atomic E-state index is 12.9. The summed E-state index contributed by atoms with van der Waals surface area (Å²) in [6.07, 6.45) is 3.36. The number of aromatic hydroxyl groups is 1. The minimum Gasteiger partial charge on any atom is -0.508 e. The molecule has 1 rings (SSSR count). The number of benzene rings is 1. The summed E-state index contributed by atoms with van der Waals surface area (Å²) >= 11 is 3.95. The summed E-state index contributed by atoms with van der Waals surface area (Å²) < 4.78 is 12.9. The van der Waals surface area contributed by atoms with Gasteiger partial charge in [-0.3, -0.25) is 0 Å². The molecule has 0 bridgehead atoms. The Hall–Kier alpha value is -0.960. The van der Waals surface area contributed by atoms with Crippen molar-refractivity contribution in [3.63, 3.8) is 0 Å². The first-order valence-corrected chi connectivity index (χ1v) is 4.13. The number of phenols is 1. The number of hydrogen-bond donors (Lipinski definition) is 2. The van der Waals surface area contributed by atoms with E-state index in [1.54, 1.807) is 12.2 Å². The third-order valence-corrected chi connectivity index (χ3v) is 1.60. The predicted octanol–water partition coefficient (Wildman–Crippen LogP) is 2.47. The fourth-order valence-corrected chi connectivity index (χ4v) is 0.936. The molecule has 0 spiro atoms. The third kappa shape index (κ3) is 2.27. The number of phenolic OH excluding ortho intramolecular Hbond substituents is 1. The number of rotatable bonds is 2. The monoisotopic (exact) mass is 184 g/mol. The van der Waals surface area contributed by atoms with Crippen molar-refractivity contribution in [2.45, 2.75) is 0 Å². The van der Waals surface area contributed by atoms with Crippen molar-refractivity contribution in [2.24, 2.45) is 0 Å². The van der Waals surface area contributed by atoms with Crippen LogP contribution in [-0.2, 0) is 0 Å². The molecular formula is C9H9FOS. The van der Waals surface area contributed by atoms with Crippen LogP contribution in [0.25, 0.3) is 6.08 Å². The Morgan fingerprint density at radius 1 is 1.50 bits per heavy atom. The van der Waals surface area contributed by atoms with Crippen LogP contribution in [0, 0.1) is 5.82 Å². The van der Waals surface area contributed by atoms with Gasteiger partial charge in [0, 0.05) is 17.4 Å². The standard InChI is InChI=1S/C9H9FOS/c10-9-6-8(11)4-3-7(9)2-1-5-12/h1-4,6,11-12H,5H2. The third-order valence-electron chi connectivity index (χ3n) is 1.39. The van der Waals surface area contributed by atoms with Crippen LogP contribution in [0.5, 0.6) is 5.75 Å². The highest BCUT2D eigenvalue weighted by atomic mass is 32.1. The second-order valence-corrected chi connectivity index (χ2v) is 2.66. The summed E-state index contributed by atoms with van der Waals surface area (Å²) in [7, 11) is 0. The van der Waals surface area contributed by atoms with E-state index in [-0.39, 0.29) is 5.75 Å². The van der Waals surface area contributed by atoms with Crippen LogP contribution in [0.15, 0.2) is 24.3 Å². The quantitative estimate of drug-likeness (QED) is 0.676. The molecule has 0 aliphatic carbocycles. The van der Waals surface area contributed by atoms with Gasteiger partial charge >= 0.3 is 0 Å². The van der Waals surface area contributed by atoms with E-state index in [1.165, 1.54) is 12.1 Å². The second-order valence-electron chi connectivity index (χ2n) is 2.29. The highest BCUT2D eigenvalue weighted by Crippen LogP contribution is 2.15. The van der Waals surface area contributed by atoms with Crippen LogP contribution < -0.4 is 0 Å². The van der Waals surface area contributed by atoms with Crippen LogP contribution in [0.3, 0.4) is 0 Å². The lowest BCUT2D eigenvalue weighted by Gasteiger charge is -1.96. The molecule has 1 nitrogen and oxygen atoms in total. The van der Waals surface area contributed by atoms with Gasteiger partial charge in [-0.1, -0.05) is 12.2 Å². The van der Waals surface area contributed by atoms with E-state index in [2.05, 4.69) is 12.6 Å². The first-order chi connectivity index (χ1) is 5.74. The highest BCUT2D eigenvalue weighted by Gasteiger charge is 1.98. The van der Waals surface area contributed by atoms with Gasteiger partial charge in [0.25, 0.3) is 0 Å². The maximum absolute atomic E-state index is 12.9. The van der Waals surface area contributed by atoms with E-state index in [0.29, 0.717) is 11.3 Å². The molecule has 12 heavy (non-hydrogen) atoms. The lowest BCUT2D eigenvalue weighted by atomic mass is 10.2. The molecule has 64 valence electrons. The molecule has 0 atom stereocenters. The molecule has 0 saturated heterocycles. The SMILES string of the molecule is Oc1ccc(C=CCS)c(F)c1. The van der Waals surface area contributed by atoms with Crippen LogP contribution in [0.4, 0.5) is 4.39 Å². The van der Waals surface area contributed by atoms with Gasteiger partial charge in [-0.25, -0.2) is 4.39 Å². The molecule has 1 aromatic rings.